The number of carbonyl (C=O) groups is 1. The van der Waals surface area contributed by atoms with Crippen molar-refractivity contribution in [2.24, 2.45) is 0 Å². The van der Waals surface area contributed by atoms with E-state index in [-0.39, 0.29) is 5.78 Å². The number of nitrogens with zero attached hydrogens (tertiary/aromatic N) is 3. The molecule has 1 aliphatic heterocycles. The molecule has 0 spiro atoms. The summed E-state index contributed by atoms with van der Waals surface area (Å²) in [4.78, 5) is 19.1. The molecule has 0 aromatic carbocycles. The smallest absolute Gasteiger partial charge is 0.178 e. The molecule has 154 valence electrons. The Morgan fingerprint density at radius 1 is 1.25 bits per heavy atom. The first-order chi connectivity index (χ1) is 13.5. The molecule has 0 bridgehead atoms. The minimum Gasteiger partial charge on any atom is -0.383 e. The lowest BCUT2D eigenvalue weighted by Crippen LogP contribution is -2.51. The van der Waals surface area contributed by atoms with Gasteiger partial charge < -0.3 is 9.30 Å². The van der Waals surface area contributed by atoms with E-state index in [4.69, 9.17) is 4.74 Å². The number of carbonyl (C=O) groups excluding carboxylic acids is 1. The molecule has 1 aliphatic rings. The second-order valence-corrected chi connectivity index (χ2v) is 8.84. The van der Waals surface area contributed by atoms with Crippen molar-refractivity contribution in [2.45, 2.75) is 39.8 Å². The molecule has 0 saturated carbocycles. The average molecular weight is 404 g/mol. The van der Waals surface area contributed by atoms with Crippen LogP contribution in [0.2, 0.25) is 0 Å². The molecular weight excluding hydrogens is 370 g/mol. The molecule has 1 saturated heterocycles. The molecule has 3 rings (SSSR count). The van der Waals surface area contributed by atoms with E-state index >= 15 is 0 Å². The highest BCUT2D eigenvalue weighted by Crippen LogP contribution is 2.19. The van der Waals surface area contributed by atoms with E-state index in [1.807, 2.05) is 0 Å². The SMILES string of the molecule is COC[C@H](C)N1CCN(CC(=O)c2cc(C)n(CCc3cccs3)c2C)CC1. The van der Waals surface area contributed by atoms with Crippen LogP contribution >= 0.6 is 11.3 Å². The molecule has 5 nitrogen and oxygen atoms in total. The number of thiophene rings is 1. The van der Waals surface area contributed by atoms with Gasteiger partial charge >= 0.3 is 0 Å². The molecule has 3 heterocycles. The third kappa shape index (κ3) is 5.11. The fourth-order valence-corrected chi connectivity index (χ4v) is 4.80. The number of piperazine rings is 1. The van der Waals surface area contributed by atoms with Gasteiger partial charge in [0.05, 0.1) is 13.2 Å². The van der Waals surface area contributed by atoms with Gasteiger partial charge in [-0.15, -0.1) is 11.3 Å². The number of rotatable bonds is 9. The van der Waals surface area contributed by atoms with Crippen LogP contribution in [0.3, 0.4) is 0 Å². The summed E-state index contributed by atoms with van der Waals surface area (Å²) in [6, 6.07) is 6.78. The van der Waals surface area contributed by atoms with Crippen LogP contribution < -0.4 is 0 Å². The third-order valence-electron chi connectivity index (χ3n) is 5.84. The van der Waals surface area contributed by atoms with Crippen LogP contribution in [0.4, 0.5) is 0 Å². The minimum absolute atomic E-state index is 0.244. The Hall–Kier alpha value is -1.47. The van der Waals surface area contributed by atoms with Crippen LogP contribution in [0, 0.1) is 13.8 Å². The third-order valence-corrected chi connectivity index (χ3v) is 6.78. The highest BCUT2D eigenvalue weighted by molar-refractivity contribution is 7.09. The van der Waals surface area contributed by atoms with E-state index in [0.29, 0.717) is 12.6 Å². The Bertz CT molecular complexity index is 761. The summed E-state index contributed by atoms with van der Waals surface area (Å²) in [6.45, 7) is 12.5. The maximum absolute atomic E-state index is 13.0. The van der Waals surface area contributed by atoms with E-state index in [1.54, 1.807) is 18.4 Å². The molecule has 0 N–H and O–H groups in total. The summed E-state index contributed by atoms with van der Waals surface area (Å²) in [5.41, 5.74) is 3.17. The Kier molecular flexibility index (Phi) is 7.46. The van der Waals surface area contributed by atoms with Crippen molar-refractivity contribution in [3.63, 3.8) is 0 Å². The largest absolute Gasteiger partial charge is 0.383 e. The molecule has 28 heavy (non-hydrogen) atoms. The van der Waals surface area contributed by atoms with Crippen LogP contribution in [0.15, 0.2) is 23.6 Å². The first kappa shape index (κ1) is 21.2. The Morgan fingerprint density at radius 2 is 2.00 bits per heavy atom. The fourth-order valence-electron chi connectivity index (χ4n) is 4.10. The highest BCUT2D eigenvalue weighted by Gasteiger charge is 2.24. The van der Waals surface area contributed by atoms with Crippen LogP contribution in [-0.4, -0.2) is 72.6 Å². The van der Waals surface area contributed by atoms with Crippen molar-refractivity contribution in [1.82, 2.24) is 14.4 Å². The zero-order valence-electron chi connectivity index (χ0n) is 17.6. The summed E-state index contributed by atoms with van der Waals surface area (Å²) in [7, 11) is 1.75. The van der Waals surface area contributed by atoms with Crippen molar-refractivity contribution in [2.75, 3.05) is 46.4 Å². The average Bonchev–Trinajstić information content (AvgIpc) is 3.29. The number of aromatic nitrogens is 1. The van der Waals surface area contributed by atoms with Gasteiger partial charge in [-0.1, -0.05) is 6.07 Å². The van der Waals surface area contributed by atoms with E-state index in [0.717, 1.165) is 57.0 Å². The van der Waals surface area contributed by atoms with Gasteiger partial charge in [0.2, 0.25) is 0 Å². The van der Waals surface area contributed by atoms with Gasteiger partial charge in [-0.05, 0) is 44.7 Å². The van der Waals surface area contributed by atoms with Crippen LogP contribution in [0.1, 0.15) is 33.5 Å². The molecule has 0 aliphatic carbocycles. The van der Waals surface area contributed by atoms with E-state index in [9.17, 15) is 4.79 Å². The molecular formula is C22H33N3O2S. The van der Waals surface area contributed by atoms with Gasteiger partial charge in [-0.2, -0.15) is 0 Å². The maximum atomic E-state index is 13.0. The summed E-state index contributed by atoms with van der Waals surface area (Å²) >= 11 is 1.80. The Morgan fingerprint density at radius 3 is 2.64 bits per heavy atom. The van der Waals surface area contributed by atoms with Crippen molar-refractivity contribution in [1.29, 1.82) is 0 Å². The second kappa shape index (κ2) is 9.83. The number of ether oxygens (including phenoxy) is 1. The Labute approximate surface area is 172 Å². The van der Waals surface area contributed by atoms with Gasteiger partial charge in [-0.3, -0.25) is 14.6 Å². The number of methoxy groups -OCH3 is 1. The number of hydrogen-bond donors (Lipinski definition) is 0. The number of aryl methyl sites for hydroxylation is 2. The molecule has 2 aromatic rings. The first-order valence-corrected chi connectivity index (χ1v) is 11.0. The molecule has 2 aromatic heterocycles. The highest BCUT2D eigenvalue weighted by atomic mass is 32.1. The van der Waals surface area contributed by atoms with Gasteiger partial charge in [0.25, 0.3) is 0 Å². The van der Waals surface area contributed by atoms with Gasteiger partial charge in [0.15, 0.2) is 5.78 Å². The summed E-state index contributed by atoms with van der Waals surface area (Å²) < 4.78 is 7.55. The number of Topliss-reactive ketones (excluding diaryl/α,β-unsaturated/α-hetero) is 1. The zero-order valence-corrected chi connectivity index (χ0v) is 18.4. The molecule has 0 radical (unpaired) electrons. The van der Waals surface area contributed by atoms with E-state index < -0.39 is 0 Å². The molecule has 0 amide bonds. The minimum atomic E-state index is 0.244. The number of ketones is 1. The normalized spacial score (nSPS) is 17.1. The lowest BCUT2D eigenvalue weighted by Gasteiger charge is -2.37. The first-order valence-electron chi connectivity index (χ1n) is 10.2. The summed E-state index contributed by atoms with van der Waals surface area (Å²) in [5.74, 6) is 0.244. The second-order valence-electron chi connectivity index (χ2n) is 7.81. The monoisotopic (exact) mass is 403 g/mol. The number of hydrogen-bond acceptors (Lipinski definition) is 5. The maximum Gasteiger partial charge on any atom is 0.178 e. The van der Waals surface area contributed by atoms with Crippen LogP contribution in [0.25, 0.3) is 0 Å². The van der Waals surface area contributed by atoms with Gasteiger partial charge in [-0.25, -0.2) is 0 Å². The molecule has 1 fully saturated rings. The fraction of sp³-hybridized carbons (Fsp3) is 0.591. The van der Waals surface area contributed by atoms with Gasteiger partial charge in [0.1, 0.15) is 0 Å². The van der Waals surface area contributed by atoms with Crippen molar-refractivity contribution >= 4 is 17.1 Å². The standard InChI is InChI=1S/C22H33N3O2S/c1-17-14-21(19(3)25(17)8-7-20-6-5-13-28-20)22(26)15-23-9-11-24(12-10-23)18(2)16-27-4/h5-6,13-14,18H,7-12,15-16H2,1-4H3/t18-/m0/s1. The predicted octanol–water partition coefficient (Wildman–Crippen LogP) is 3.24. The molecule has 1 atom stereocenters. The quantitative estimate of drug-likeness (QED) is 0.603. The zero-order chi connectivity index (χ0) is 20.1. The van der Waals surface area contributed by atoms with Crippen LogP contribution in [0.5, 0.6) is 0 Å². The molecule has 6 heteroatoms. The summed E-state index contributed by atoms with van der Waals surface area (Å²) in [6.07, 6.45) is 1.02. The van der Waals surface area contributed by atoms with Crippen molar-refractivity contribution in [3.8, 4) is 0 Å². The summed E-state index contributed by atoms with van der Waals surface area (Å²) in [5, 5.41) is 2.12. The predicted molar refractivity (Wildman–Crippen MR) is 116 cm³/mol. The van der Waals surface area contributed by atoms with Crippen molar-refractivity contribution in [3.05, 3.63) is 45.4 Å². The van der Waals surface area contributed by atoms with Gasteiger partial charge in [0, 0.05) is 67.7 Å². The molecule has 0 unspecified atom stereocenters. The Balaban J connectivity index is 1.55. The lowest BCUT2D eigenvalue weighted by atomic mass is 10.1. The van der Waals surface area contributed by atoms with E-state index in [1.165, 1.54) is 10.6 Å². The van der Waals surface area contributed by atoms with E-state index in [2.05, 4.69) is 58.7 Å². The topological polar surface area (TPSA) is 37.7 Å². The van der Waals surface area contributed by atoms with Crippen LogP contribution in [-0.2, 0) is 17.7 Å². The lowest BCUT2D eigenvalue weighted by molar-refractivity contribution is 0.0545. The van der Waals surface area contributed by atoms with Crippen molar-refractivity contribution < 1.29 is 9.53 Å².